The van der Waals surface area contributed by atoms with Crippen molar-refractivity contribution in [1.29, 1.82) is 0 Å². The molecule has 2 aliphatic heterocycles. The molecule has 0 aliphatic carbocycles. The minimum Gasteiger partial charge on any atom is -0.331 e. The molecule has 8 heteroatoms. The summed E-state index contributed by atoms with van der Waals surface area (Å²) in [6.07, 6.45) is 9.01. The molecule has 0 N–H and O–H groups in total. The van der Waals surface area contributed by atoms with Crippen LogP contribution >= 0.6 is 0 Å². The normalized spacial score (nSPS) is 22.0. The second kappa shape index (κ2) is 6.48. The van der Waals surface area contributed by atoms with E-state index < -0.39 is 10.0 Å². The van der Waals surface area contributed by atoms with E-state index >= 15 is 0 Å². The first-order chi connectivity index (χ1) is 13.5. The quantitative estimate of drug-likeness (QED) is 0.681. The van der Waals surface area contributed by atoms with Gasteiger partial charge in [0, 0.05) is 31.1 Å². The molecule has 7 nitrogen and oxygen atoms in total. The molecule has 4 heterocycles. The van der Waals surface area contributed by atoms with Gasteiger partial charge in [0.1, 0.15) is 5.82 Å². The molecule has 28 heavy (non-hydrogen) atoms. The smallest absolute Gasteiger partial charge is 0.283 e. The molecule has 0 saturated heterocycles. The predicted octanol–water partition coefficient (Wildman–Crippen LogP) is 2.97. The maximum atomic E-state index is 13.6. The fourth-order valence-electron chi connectivity index (χ4n) is 4.34. The van der Waals surface area contributed by atoms with E-state index in [4.69, 9.17) is 0 Å². The second-order valence-electron chi connectivity index (χ2n) is 7.65. The number of sulfonamides is 1. The highest BCUT2D eigenvalue weighted by atomic mass is 32.2. The van der Waals surface area contributed by atoms with Crippen molar-refractivity contribution in [1.82, 2.24) is 19.3 Å². The van der Waals surface area contributed by atoms with E-state index in [0.29, 0.717) is 6.54 Å². The molecule has 0 amide bonds. The number of hydrogen-bond acceptors (Lipinski definition) is 4. The van der Waals surface area contributed by atoms with Gasteiger partial charge in [-0.2, -0.15) is 13.5 Å². The van der Waals surface area contributed by atoms with Crippen LogP contribution in [0.1, 0.15) is 43.2 Å². The Hall–Kier alpha value is -2.61. The molecule has 0 radical (unpaired) electrons. The zero-order valence-electron chi connectivity index (χ0n) is 15.8. The van der Waals surface area contributed by atoms with Crippen molar-refractivity contribution < 1.29 is 8.42 Å². The van der Waals surface area contributed by atoms with E-state index in [9.17, 15) is 8.42 Å². The highest BCUT2D eigenvalue weighted by Crippen LogP contribution is 2.36. The minimum absolute atomic E-state index is 0.0455. The molecule has 0 spiro atoms. The number of aryl methyl sites for hydroxylation is 1. The van der Waals surface area contributed by atoms with E-state index in [2.05, 4.69) is 17.0 Å². The third-order valence-electron chi connectivity index (χ3n) is 5.83. The van der Waals surface area contributed by atoms with Gasteiger partial charge in [-0.3, -0.25) is 8.99 Å². The van der Waals surface area contributed by atoms with Crippen molar-refractivity contribution >= 4 is 15.7 Å². The Balaban J connectivity index is 1.58. The fourth-order valence-corrected chi connectivity index (χ4v) is 5.84. The van der Waals surface area contributed by atoms with Crippen molar-refractivity contribution in [2.24, 2.45) is 0 Å². The van der Waals surface area contributed by atoms with Gasteiger partial charge in [0.15, 0.2) is 5.03 Å². The molecule has 1 aromatic carbocycles. The lowest BCUT2D eigenvalue weighted by Gasteiger charge is -2.34. The first-order valence-corrected chi connectivity index (χ1v) is 11.2. The lowest BCUT2D eigenvalue weighted by atomic mass is 10.00. The number of hydrogen-bond donors (Lipinski definition) is 0. The molecule has 0 bridgehead atoms. The van der Waals surface area contributed by atoms with Crippen molar-refractivity contribution in [2.75, 3.05) is 10.8 Å². The molecule has 2 atom stereocenters. The van der Waals surface area contributed by atoms with Crippen molar-refractivity contribution in [2.45, 2.75) is 49.7 Å². The van der Waals surface area contributed by atoms with Crippen LogP contribution in [0.5, 0.6) is 0 Å². The van der Waals surface area contributed by atoms with Gasteiger partial charge >= 0.3 is 0 Å². The highest BCUT2D eigenvalue weighted by molar-refractivity contribution is 7.92. The highest BCUT2D eigenvalue weighted by Gasteiger charge is 2.36. The van der Waals surface area contributed by atoms with Gasteiger partial charge < -0.3 is 4.57 Å². The number of imidazole rings is 1. The summed E-state index contributed by atoms with van der Waals surface area (Å²) in [6, 6.07) is 9.81. The molecule has 3 aromatic rings. The Kier molecular flexibility index (Phi) is 4.04. The summed E-state index contributed by atoms with van der Waals surface area (Å²) < 4.78 is 32.6. The van der Waals surface area contributed by atoms with Crippen LogP contribution in [0.4, 0.5) is 5.69 Å². The summed E-state index contributed by atoms with van der Waals surface area (Å²) in [7, 11) is -3.76. The molecule has 0 fully saturated rings. The lowest BCUT2D eigenvalue weighted by molar-refractivity contribution is 0.425. The Morgan fingerprint density at radius 2 is 2.04 bits per heavy atom. The zero-order chi connectivity index (χ0) is 19.3. The molecule has 2 unspecified atom stereocenters. The van der Waals surface area contributed by atoms with Gasteiger partial charge in [0.25, 0.3) is 10.0 Å². The van der Waals surface area contributed by atoms with E-state index in [1.165, 1.54) is 4.31 Å². The summed E-state index contributed by atoms with van der Waals surface area (Å²) in [5, 5.41) is 4.49. The van der Waals surface area contributed by atoms with E-state index in [-0.39, 0.29) is 17.1 Å². The van der Waals surface area contributed by atoms with Crippen LogP contribution < -0.4 is 4.31 Å². The minimum atomic E-state index is -3.76. The SMILES string of the molecule is CC1CCCc2nc(S(=O)(=O)N3CC(n4cccn4)Cc4ccccc43)cn21. The third-order valence-corrected chi connectivity index (χ3v) is 7.48. The number of benzene rings is 1. The number of fused-ring (bicyclic) bond motifs is 2. The average Bonchev–Trinajstić information content (AvgIpc) is 3.38. The standard InChI is InChI=1S/C20H23N5O2S/c1-15-6-4-9-19-22-20(14-23(15)19)28(26,27)25-13-17(24-11-5-10-21-24)12-16-7-2-3-8-18(16)25/h2-3,5,7-8,10-11,14-15,17H,4,6,9,12-13H2,1H3. The zero-order valence-corrected chi connectivity index (χ0v) is 16.6. The van der Waals surface area contributed by atoms with E-state index in [1.807, 2.05) is 45.8 Å². The van der Waals surface area contributed by atoms with Gasteiger partial charge in [-0.05, 0) is 43.9 Å². The average molecular weight is 398 g/mol. The molecule has 0 saturated carbocycles. The maximum absolute atomic E-state index is 13.6. The third kappa shape index (κ3) is 2.74. The van der Waals surface area contributed by atoms with Crippen LogP contribution in [0.25, 0.3) is 0 Å². The van der Waals surface area contributed by atoms with Gasteiger partial charge in [-0.1, -0.05) is 18.2 Å². The largest absolute Gasteiger partial charge is 0.331 e. The molecule has 2 aliphatic rings. The first-order valence-electron chi connectivity index (χ1n) is 9.71. The predicted molar refractivity (Wildman–Crippen MR) is 106 cm³/mol. The summed E-state index contributed by atoms with van der Waals surface area (Å²) in [5.74, 6) is 0.867. The first kappa shape index (κ1) is 17.5. The van der Waals surface area contributed by atoms with Gasteiger partial charge in [-0.25, -0.2) is 4.98 Å². The Morgan fingerprint density at radius 3 is 2.82 bits per heavy atom. The van der Waals surface area contributed by atoms with Crippen molar-refractivity contribution in [3.8, 4) is 0 Å². The van der Waals surface area contributed by atoms with Crippen LogP contribution in [0.3, 0.4) is 0 Å². The van der Waals surface area contributed by atoms with Crippen LogP contribution in [0.15, 0.2) is 53.9 Å². The van der Waals surface area contributed by atoms with Gasteiger partial charge in [0.05, 0.1) is 18.3 Å². The van der Waals surface area contributed by atoms with E-state index in [0.717, 1.165) is 42.8 Å². The van der Waals surface area contributed by atoms with Crippen molar-refractivity contribution in [3.63, 3.8) is 0 Å². The molecule has 2 aromatic heterocycles. The number of rotatable bonds is 3. The molecular formula is C20H23N5O2S. The van der Waals surface area contributed by atoms with E-state index in [1.54, 1.807) is 12.4 Å². The number of aromatic nitrogens is 4. The summed E-state index contributed by atoms with van der Waals surface area (Å²) in [6.45, 7) is 2.46. The Morgan fingerprint density at radius 1 is 1.18 bits per heavy atom. The lowest BCUT2D eigenvalue weighted by Crippen LogP contribution is -2.41. The van der Waals surface area contributed by atoms with Crippen LogP contribution in [0.2, 0.25) is 0 Å². The van der Waals surface area contributed by atoms with Gasteiger partial charge in [-0.15, -0.1) is 0 Å². The Labute approximate surface area is 164 Å². The summed E-state index contributed by atoms with van der Waals surface area (Å²) >= 11 is 0. The van der Waals surface area contributed by atoms with Gasteiger partial charge in [0.2, 0.25) is 0 Å². The molecule has 5 rings (SSSR count). The second-order valence-corrected chi connectivity index (χ2v) is 9.46. The maximum Gasteiger partial charge on any atom is 0.283 e. The summed E-state index contributed by atoms with van der Waals surface area (Å²) in [4.78, 5) is 4.52. The Bertz CT molecular complexity index is 1100. The monoisotopic (exact) mass is 397 g/mol. The van der Waals surface area contributed by atoms with Crippen LogP contribution in [0, 0.1) is 0 Å². The van der Waals surface area contributed by atoms with Crippen molar-refractivity contribution in [3.05, 3.63) is 60.3 Å². The topological polar surface area (TPSA) is 73.0 Å². The molecular weight excluding hydrogens is 374 g/mol. The van der Waals surface area contributed by atoms with Crippen LogP contribution in [-0.2, 0) is 22.9 Å². The number of anilines is 1. The number of para-hydroxylation sites is 1. The summed E-state index contributed by atoms with van der Waals surface area (Å²) in [5.41, 5.74) is 1.75. The fraction of sp³-hybridized carbons (Fsp3) is 0.400. The molecule has 146 valence electrons. The van der Waals surface area contributed by atoms with Crippen LogP contribution in [-0.4, -0.2) is 34.3 Å². The number of nitrogens with zero attached hydrogens (tertiary/aromatic N) is 5.